The first kappa shape index (κ1) is 15.2. The van der Waals surface area contributed by atoms with Crippen molar-refractivity contribution in [2.24, 2.45) is 0 Å². The molecule has 2 heterocycles. The number of nitrogens with zero attached hydrogens (tertiary/aromatic N) is 3. The largest absolute Gasteiger partial charge is 0.326 e. The van der Waals surface area contributed by atoms with Crippen LogP contribution in [0.2, 0.25) is 5.02 Å². The average molecular weight is 327 g/mol. The summed E-state index contributed by atoms with van der Waals surface area (Å²) in [6.07, 6.45) is 7.15. The Balaban J connectivity index is 1.69. The predicted octanol–water partition coefficient (Wildman–Crippen LogP) is 3.41. The van der Waals surface area contributed by atoms with Gasteiger partial charge < -0.3 is 9.88 Å². The summed E-state index contributed by atoms with van der Waals surface area (Å²) < 4.78 is 1.81. The number of anilines is 1. The summed E-state index contributed by atoms with van der Waals surface area (Å²) in [6.45, 7) is 1.91. The molecule has 0 saturated carbocycles. The van der Waals surface area contributed by atoms with Gasteiger partial charge in [0.15, 0.2) is 0 Å². The van der Waals surface area contributed by atoms with Crippen LogP contribution in [0, 0.1) is 6.92 Å². The highest BCUT2D eigenvalue weighted by molar-refractivity contribution is 6.32. The minimum absolute atomic E-state index is 0.109. The molecule has 0 saturated heterocycles. The van der Waals surface area contributed by atoms with Crippen LogP contribution in [-0.4, -0.2) is 20.4 Å². The molecular weight excluding hydrogens is 312 g/mol. The highest BCUT2D eigenvalue weighted by Crippen LogP contribution is 2.24. The maximum absolute atomic E-state index is 12.1. The van der Waals surface area contributed by atoms with E-state index in [4.69, 9.17) is 11.6 Å². The van der Waals surface area contributed by atoms with E-state index in [1.54, 1.807) is 24.8 Å². The standard InChI is InChI=1S/C17H15ClN4O/c1-12-2-3-13(10-20-12)8-17(23)21-14-4-5-16(15(18)9-14)22-7-6-19-11-22/h2-7,9-11H,8H2,1H3,(H,21,23). The van der Waals surface area contributed by atoms with Crippen LogP contribution in [0.5, 0.6) is 0 Å². The monoisotopic (exact) mass is 326 g/mol. The van der Waals surface area contributed by atoms with Crippen molar-refractivity contribution in [2.45, 2.75) is 13.3 Å². The Labute approximate surface area is 139 Å². The van der Waals surface area contributed by atoms with Gasteiger partial charge in [-0.05, 0) is 36.8 Å². The molecular formula is C17H15ClN4O. The Morgan fingerprint density at radius 2 is 2.17 bits per heavy atom. The number of carbonyl (C=O) groups is 1. The zero-order chi connectivity index (χ0) is 16.2. The number of nitrogens with one attached hydrogen (secondary N) is 1. The molecule has 116 valence electrons. The third-order valence-electron chi connectivity index (χ3n) is 3.35. The van der Waals surface area contributed by atoms with Gasteiger partial charge >= 0.3 is 0 Å². The summed E-state index contributed by atoms with van der Waals surface area (Å²) in [5, 5.41) is 3.38. The molecule has 0 radical (unpaired) electrons. The summed E-state index contributed by atoms with van der Waals surface area (Å²) in [5.74, 6) is -0.109. The van der Waals surface area contributed by atoms with Crippen LogP contribution in [0.25, 0.3) is 5.69 Å². The Bertz CT molecular complexity index is 813. The van der Waals surface area contributed by atoms with Gasteiger partial charge in [-0.1, -0.05) is 17.7 Å². The van der Waals surface area contributed by atoms with Gasteiger partial charge in [0.25, 0.3) is 0 Å². The maximum Gasteiger partial charge on any atom is 0.228 e. The molecule has 0 fully saturated rings. The SMILES string of the molecule is Cc1ccc(CC(=O)Nc2ccc(-n3ccnc3)c(Cl)c2)cn1. The lowest BCUT2D eigenvalue weighted by Gasteiger charge is -2.09. The highest BCUT2D eigenvalue weighted by Gasteiger charge is 2.08. The molecule has 23 heavy (non-hydrogen) atoms. The summed E-state index contributed by atoms with van der Waals surface area (Å²) >= 11 is 6.27. The fraction of sp³-hybridized carbons (Fsp3) is 0.118. The number of rotatable bonds is 4. The van der Waals surface area contributed by atoms with Gasteiger partial charge in [0.1, 0.15) is 0 Å². The van der Waals surface area contributed by atoms with Crippen molar-refractivity contribution in [3.8, 4) is 5.69 Å². The van der Waals surface area contributed by atoms with E-state index < -0.39 is 0 Å². The van der Waals surface area contributed by atoms with Crippen molar-refractivity contribution in [3.05, 3.63) is 71.5 Å². The summed E-state index contributed by atoms with van der Waals surface area (Å²) in [6, 6.07) is 9.16. The zero-order valence-electron chi connectivity index (χ0n) is 12.5. The molecule has 2 aromatic heterocycles. The number of aryl methyl sites for hydroxylation is 1. The highest BCUT2D eigenvalue weighted by atomic mass is 35.5. The molecule has 0 spiro atoms. The number of aromatic nitrogens is 3. The van der Waals surface area contributed by atoms with Crippen LogP contribution < -0.4 is 5.32 Å². The fourth-order valence-electron chi connectivity index (χ4n) is 2.19. The minimum atomic E-state index is -0.109. The van der Waals surface area contributed by atoms with Gasteiger partial charge in [-0.25, -0.2) is 4.98 Å². The third-order valence-corrected chi connectivity index (χ3v) is 3.65. The molecule has 1 N–H and O–H groups in total. The van der Waals surface area contributed by atoms with Crippen molar-refractivity contribution in [1.29, 1.82) is 0 Å². The summed E-state index contributed by atoms with van der Waals surface area (Å²) in [4.78, 5) is 20.3. The summed E-state index contributed by atoms with van der Waals surface area (Å²) in [7, 11) is 0. The van der Waals surface area contributed by atoms with Crippen LogP contribution >= 0.6 is 11.6 Å². The Hall–Kier alpha value is -2.66. The smallest absolute Gasteiger partial charge is 0.228 e. The molecule has 0 atom stereocenters. The van der Waals surface area contributed by atoms with E-state index in [9.17, 15) is 4.79 Å². The van der Waals surface area contributed by atoms with E-state index in [0.29, 0.717) is 10.7 Å². The predicted molar refractivity (Wildman–Crippen MR) is 89.9 cm³/mol. The second kappa shape index (κ2) is 6.62. The molecule has 0 aliphatic carbocycles. The number of halogens is 1. The molecule has 5 nitrogen and oxygen atoms in total. The third kappa shape index (κ3) is 3.76. The number of hydrogen-bond acceptors (Lipinski definition) is 3. The molecule has 3 aromatic rings. The second-order valence-electron chi connectivity index (χ2n) is 5.17. The van der Waals surface area contributed by atoms with Crippen molar-refractivity contribution in [2.75, 3.05) is 5.32 Å². The molecule has 6 heteroatoms. The Kier molecular flexibility index (Phi) is 4.39. The van der Waals surface area contributed by atoms with Crippen molar-refractivity contribution in [3.63, 3.8) is 0 Å². The quantitative estimate of drug-likeness (QED) is 0.799. The molecule has 0 bridgehead atoms. The Morgan fingerprint density at radius 3 is 2.83 bits per heavy atom. The van der Waals surface area contributed by atoms with Gasteiger partial charge in [-0.15, -0.1) is 0 Å². The minimum Gasteiger partial charge on any atom is -0.326 e. The molecule has 0 unspecified atom stereocenters. The topological polar surface area (TPSA) is 59.8 Å². The van der Waals surface area contributed by atoms with E-state index >= 15 is 0 Å². The molecule has 0 aliphatic heterocycles. The first-order valence-electron chi connectivity index (χ1n) is 7.11. The lowest BCUT2D eigenvalue weighted by atomic mass is 10.2. The van der Waals surface area contributed by atoms with Gasteiger partial charge in [-0.2, -0.15) is 0 Å². The van der Waals surface area contributed by atoms with Gasteiger partial charge in [-0.3, -0.25) is 9.78 Å². The zero-order valence-corrected chi connectivity index (χ0v) is 13.3. The van der Waals surface area contributed by atoms with Crippen LogP contribution in [0.4, 0.5) is 5.69 Å². The normalized spacial score (nSPS) is 10.5. The molecule has 0 aliphatic rings. The van der Waals surface area contributed by atoms with Crippen molar-refractivity contribution < 1.29 is 4.79 Å². The van der Waals surface area contributed by atoms with Crippen molar-refractivity contribution >= 4 is 23.2 Å². The Morgan fingerprint density at radius 1 is 1.30 bits per heavy atom. The fourth-order valence-corrected chi connectivity index (χ4v) is 2.47. The van der Waals surface area contributed by atoms with E-state index in [-0.39, 0.29) is 12.3 Å². The molecule has 1 aromatic carbocycles. The van der Waals surface area contributed by atoms with E-state index in [1.807, 2.05) is 42.0 Å². The number of carbonyl (C=O) groups excluding carboxylic acids is 1. The van der Waals surface area contributed by atoms with Crippen LogP contribution in [0.3, 0.4) is 0 Å². The second-order valence-corrected chi connectivity index (χ2v) is 5.58. The lowest BCUT2D eigenvalue weighted by Crippen LogP contribution is -2.14. The van der Waals surface area contributed by atoms with E-state index in [0.717, 1.165) is 16.9 Å². The number of amides is 1. The summed E-state index contributed by atoms with van der Waals surface area (Å²) in [5.41, 5.74) is 3.26. The van der Waals surface area contributed by atoms with E-state index in [1.165, 1.54) is 0 Å². The lowest BCUT2D eigenvalue weighted by molar-refractivity contribution is -0.115. The number of imidazole rings is 1. The van der Waals surface area contributed by atoms with Crippen LogP contribution in [-0.2, 0) is 11.2 Å². The number of benzene rings is 1. The van der Waals surface area contributed by atoms with Gasteiger partial charge in [0.05, 0.1) is 23.5 Å². The van der Waals surface area contributed by atoms with Crippen LogP contribution in [0.1, 0.15) is 11.3 Å². The van der Waals surface area contributed by atoms with Gasteiger partial charge in [0, 0.05) is 30.0 Å². The average Bonchev–Trinajstić information content (AvgIpc) is 3.04. The first-order valence-corrected chi connectivity index (χ1v) is 7.49. The van der Waals surface area contributed by atoms with Crippen molar-refractivity contribution in [1.82, 2.24) is 14.5 Å². The first-order chi connectivity index (χ1) is 11.1. The van der Waals surface area contributed by atoms with Crippen LogP contribution in [0.15, 0.2) is 55.2 Å². The maximum atomic E-state index is 12.1. The van der Waals surface area contributed by atoms with E-state index in [2.05, 4.69) is 15.3 Å². The van der Waals surface area contributed by atoms with Gasteiger partial charge in [0.2, 0.25) is 5.91 Å². The molecule has 1 amide bonds. The number of pyridine rings is 1. The molecule has 3 rings (SSSR count). The number of hydrogen-bond donors (Lipinski definition) is 1.